The highest BCUT2D eigenvalue weighted by Crippen LogP contribution is 2.35. The molecule has 4 N–H and O–H groups in total. The fourth-order valence-corrected chi connectivity index (χ4v) is 7.86. The summed E-state index contributed by atoms with van der Waals surface area (Å²) in [6.45, 7) is 10.6. The van der Waals surface area contributed by atoms with Gasteiger partial charge in [0.2, 0.25) is 11.8 Å². The zero-order valence-electron chi connectivity index (χ0n) is 34.4. The smallest absolute Gasteiger partial charge is 0.407 e. The van der Waals surface area contributed by atoms with Crippen LogP contribution >= 0.6 is 0 Å². The number of benzene rings is 3. The first kappa shape index (κ1) is 40.6. The van der Waals surface area contributed by atoms with Crippen LogP contribution in [0.4, 0.5) is 9.59 Å². The Morgan fingerprint density at radius 3 is 2.12 bits per heavy atom. The van der Waals surface area contributed by atoms with Crippen molar-refractivity contribution in [2.24, 2.45) is 11.8 Å². The molecular weight excluding hydrogens is 749 g/mol. The topological polar surface area (TPSA) is 175 Å². The van der Waals surface area contributed by atoms with Crippen LogP contribution in [0.15, 0.2) is 72.4 Å². The van der Waals surface area contributed by atoms with Crippen LogP contribution in [-0.2, 0) is 19.1 Å². The van der Waals surface area contributed by atoms with Gasteiger partial charge in [0.05, 0.1) is 43.2 Å². The first-order valence-corrected chi connectivity index (χ1v) is 19.9. The highest BCUT2D eigenvalue weighted by atomic mass is 16.5. The van der Waals surface area contributed by atoms with Crippen molar-refractivity contribution < 1.29 is 28.7 Å². The van der Waals surface area contributed by atoms with Crippen LogP contribution in [0.1, 0.15) is 82.3 Å². The fourth-order valence-electron chi connectivity index (χ4n) is 7.86. The standard InChI is InChI=1S/C45H50N8O6/c1-25(2)37(50-44(56)58-6)42(54)52-20-8-9-35(52)41-47-33-19-17-31-22-29(14-18-32(31)39(33)49-41)11-10-28-12-15-30(16-13-28)34-23-46-40(48-34)36-21-27(5)24-53(36)43(55)38(26(3)4)51-45(57)59-7/h12-19,21-23,25-26,35-38H,8-9,20,24H2,1-7H3,(H,46,48)(H,47,49)(H,50,56)(H,51,57)/t35-,36-,37-,38-/m0/s1. The zero-order valence-corrected chi connectivity index (χ0v) is 34.4. The maximum absolute atomic E-state index is 13.7. The molecule has 5 aromatic rings. The molecule has 59 heavy (non-hydrogen) atoms. The largest absolute Gasteiger partial charge is 0.453 e. The van der Waals surface area contributed by atoms with Crippen LogP contribution < -0.4 is 10.6 Å². The maximum atomic E-state index is 13.7. The van der Waals surface area contributed by atoms with Gasteiger partial charge in [0, 0.05) is 29.6 Å². The van der Waals surface area contributed by atoms with Gasteiger partial charge in [-0.2, -0.15) is 0 Å². The molecule has 4 atom stereocenters. The van der Waals surface area contributed by atoms with Crippen LogP contribution in [0, 0.1) is 23.7 Å². The predicted octanol–water partition coefficient (Wildman–Crippen LogP) is 6.76. The second kappa shape index (κ2) is 17.1. The molecule has 14 nitrogen and oxygen atoms in total. The van der Waals surface area contributed by atoms with Gasteiger partial charge in [0.15, 0.2) is 0 Å². The van der Waals surface area contributed by atoms with Gasteiger partial charge in [0.1, 0.15) is 29.8 Å². The number of carbonyl (C=O) groups is 4. The molecule has 7 rings (SSSR count). The molecule has 0 spiro atoms. The summed E-state index contributed by atoms with van der Waals surface area (Å²) in [5.41, 5.74) is 6.20. The van der Waals surface area contributed by atoms with Gasteiger partial charge in [-0.15, -0.1) is 0 Å². The number of ether oxygens (including phenoxy) is 2. The number of rotatable bonds is 9. The van der Waals surface area contributed by atoms with Gasteiger partial charge in [-0.05, 0) is 72.9 Å². The number of alkyl carbamates (subject to hydrolysis) is 2. The summed E-state index contributed by atoms with van der Waals surface area (Å²) in [5, 5.41) is 7.37. The van der Waals surface area contributed by atoms with Crippen LogP contribution in [0.3, 0.4) is 0 Å². The van der Waals surface area contributed by atoms with E-state index < -0.39 is 30.3 Å². The van der Waals surface area contributed by atoms with Crippen LogP contribution in [0.5, 0.6) is 0 Å². The maximum Gasteiger partial charge on any atom is 0.407 e. The fraction of sp³-hybridized carbons (Fsp3) is 0.378. The second-order valence-corrected chi connectivity index (χ2v) is 15.9. The van der Waals surface area contributed by atoms with E-state index in [1.165, 1.54) is 14.2 Å². The van der Waals surface area contributed by atoms with Crippen molar-refractivity contribution in [2.75, 3.05) is 27.3 Å². The monoisotopic (exact) mass is 798 g/mol. The van der Waals surface area contributed by atoms with Crippen molar-refractivity contribution in [2.45, 2.75) is 71.6 Å². The number of amides is 4. The number of nitrogens with one attached hydrogen (secondary N) is 4. The number of hydrogen-bond donors (Lipinski definition) is 4. The van der Waals surface area contributed by atoms with E-state index in [-0.39, 0.29) is 29.7 Å². The Hall–Kier alpha value is -6.62. The third-order valence-electron chi connectivity index (χ3n) is 11.0. The molecule has 14 heteroatoms. The molecule has 4 amide bonds. The summed E-state index contributed by atoms with van der Waals surface area (Å²) in [4.78, 5) is 71.4. The van der Waals surface area contributed by atoms with E-state index in [4.69, 9.17) is 14.5 Å². The predicted molar refractivity (Wildman–Crippen MR) is 224 cm³/mol. The second-order valence-electron chi connectivity index (χ2n) is 15.9. The Kier molecular flexibility index (Phi) is 11.7. The number of hydrogen-bond acceptors (Lipinski definition) is 8. The van der Waals surface area contributed by atoms with Gasteiger partial charge in [0.25, 0.3) is 0 Å². The molecule has 306 valence electrons. The van der Waals surface area contributed by atoms with Crippen molar-refractivity contribution >= 4 is 45.8 Å². The van der Waals surface area contributed by atoms with Crippen molar-refractivity contribution in [1.29, 1.82) is 0 Å². The molecular formula is C45H50N8O6. The quantitative estimate of drug-likeness (QED) is 0.0935. The molecule has 0 unspecified atom stereocenters. The van der Waals surface area contributed by atoms with Crippen molar-refractivity contribution in [3.63, 3.8) is 0 Å². The first-order valence-electron chi connectivity index (χ1n) is 19.9. The van der Waals surface area contributed by atoms with Crippen molar-refractivity contribution in [3.05, 3.63) is 95.2 Å². The SMILES string of the molecule is COC(=O)N[C@H](C(=O)N1CC(C)=C[C@H]1c1ncc(-c2ccc(C#Cc3ccc4c(ccc5[nH]c([C@@H]6CCCN6C(=O)[C@@H](NC(=O)OC)C(C)C)nc54)c3)cc2)[nH]1)C(C)C. The zero-order chi connectivity index (χ0) is 42.0. The number of H-pyrrole nitrogens is 2. The molecule has 0 bridgehead atoms. The van der Waals surface area contributed by atoms with Gasteiger partial charge >= 0.3 is 12.2 Å². The number of imidazole rings is 2. The van der Waals surface area contributed by atoms with Crippen molar-refractivity contribution in [3.8, 4) is 23.1 Å². The molecule has 4 heterocycles. The number of methoxy groups -OCH3 is 2. The lowest BCUT2D eigenvalue weighted by Crippen LogP contribution is -2.51. The van der Waals surface area contributed by atoms with E-state index >= 15 is 0 Å². The number of likely N-dealkylation sites (tertiary alicyclic amines) is 1. The molecule has 2 aliphatic heterocycles. The summed E-state index contributed by atoms with van der Waals surface area (Å²) < 4.78 is 9.53. The van der Waals surface area contributed by atoms with Crippen molar-refractivity contribution in [1.82, 2.24) is 40.4 Å². The number of nitrogens with zero attached hydrogens (tertiary/aromatic N) is 4. The van der Waals surface area contributed by atoms with E-state index in [9.17, 15) is 19.2 Å². The highest BCUT2D eigenvalue weighted by Gasteiger charge is 2.38. The van der Waals surface area contributed by atoms with Crippen LogP contribution in [0.2, 0.25) is 0 Å². The Bertz CT molecular complexity index is 2490. The molecule has 3 aromatic carbocycles. The number of aromatic nitrogens is 4. The van der Waals surface area contributed by atoms with Gasteiger partial charge < -0.3 is 39.9 Å². The minimum atomic E-state index is -0.737. The molecule has 1 saturated heterocycles. The molecule has 0 saturated carbocycles. The summed E-state index contributed by atoms with van der Waals surface area (Å²) in [5.74, 6) is 7.34. The number of fused-ring (bicyclic) bond motifs is 3. The number of aromatic amines is 2. The third kappa shape index (κ3) is 8.50. The minimum Gasteiger partial charge on any atom is -0.453 e. The molecule has 2 aliphatic rings. The lowest BCUT2D eigenvalue weighted by molar-refractivity contribution is -0.136. The lowest BCUT2D eigenvalue weighted by atomic mass is 10.0. The average molecular weight is 799 g/mol. The summed E-state index contributed by atoms with van der Waals surface area (Å²) in [6, 6.07) is 16.0. The van der Waals surface area contributed by atoms with Crippen LogP contribution in [0.25, 0.3) is 33.1 Å². The van der Waals surface area contributed by atoms with E-state index in [1.807, 2.05) is 94.1 Å². The third-order valence-corrected chi connectivity index (χ3v) is 11.0. The molecule has 0 radical (unpaired) electrons. The first-order chi connectivity index (χ1) is 28.3. The minimum absolute atomic E-state index is 0.115. The average Bonchev–Trinajstić information content (AvgIpc) is 4.06. The lowest BCUT2D eigenvalue weighted by Gasteiger charge is -2.30. The van der Waals surface area contributed by atoms with E-state index in [0.29, 0.717) is 18.9 Å². The molecule has 0 aliphatic carbocycles. The van der Waals surface area contributed by atoms with Gasteiger partial charge in [-0.1, -0.05) is 75.5 Å². The summed E-state index contributed by atoms with van der Waals surface area (Å²) in [6.07, 6.45) is 4.11. The molecule has 2 aromatic heterocycles. The Labute approximate surface area is 343 Å². The summed E-state index contributed by atoms with van der Waals surface area (Å²) >= 11 is 0. The van der Waals surface area contributed by atoms with Gasteiger partial charge in [-0.3, -0.25) is 9.59 Å². The number of carbonyl (C=O) groups excluding carboxylic acids is 4. The Balaban J connectivity index is 1.05. The Morgan fingerprint density at radius 1 is 0.814 bits per heavy atom. The highest BCUT2D eigenvalue weighted by molar-refractivity contribution is 6.04. The van der Waals surface area contributed by atoms with E-state index in [1.54, 1.807) is 11.1 Å². The Morgan fingerprint density at radius 2 is 1.46 bits per heavy atom. The molecule has 1 fully saturated rings. The van der Waals surface area contributed by atoms with Gasteiger partial charge in [-0.25, -0.2) is 19.6 Å². The van der Waals surface area contributed by atoms with E-state index in [2.05, 4.69) is 43.5 Å². The van der Waals surface area contributed by atoms with Crippen LogP contribution in [-0.4, -0.2) is 93.1 Å². The van der Waals surface area contributed by atoms with E-state index in [0.717, 1.165) is 68.4 Å². The summed E-state index contributed by atoms with van der Waals surface area (Å²) in [7, 11) is 2.57. The normalized spacial score (nSPS) is 17.5.